The fraction of sp³-hybridized carbons (Fsp3) is 0.312. The molecular weight excluding hydrogens is 316 g/mol. The monoisotopic (exact) mass is 332 g/mol. The number of amides is 1. The lowest BCUT2D eigenvalue weighted by atomic mass is 10.1. The topological polar surface area (TPSA) is 79.7 Å². The number of aryl methyl sites for hydroxylation is 1. The third-order valence-electron chi connectivity index (χ3n) is 3.74. The van der Waals surface area contributed by atoms with E-state index in [0.29, 0.717) is 17.9 Å². The van der Waals surface area contributed by atoms with Gasteiger partial charge >= 0.3 is 5.97 Å². The normalized spacial score (nSPS) is 15.0. The van der Waals surface area contributed by atoms with Crippen molar-refractivity contribution in [2.24, 2.45) is 0 Å². The Kier molecular flexibility index (Phi) is 4.04. The van der Waals surface area contributed by atoms with Crippen LogP contribution in [-0.2, 0) is 9.59 Å². The van der Waals surface area contributed by atoms with Crippen molar-refractivity contribution in [3.05, 3.63) is 28.6 Å². The van der Waals surface area contributed by atoms with E-state index in [0.717, 1.165) is 16.3 Å². The second kappa shape index (κ2) is 6.00. The predicted octanol–water partition coefficient (Wildman–Crippen LogP) is 2.71. The van der Waals surface area contributed by atoms with Gasteiger partial charge in [-0.3, -0.25) is 9.69 Å². The van der Waals surface area contributed by atoms with E-state index in [1.807, 2.05) is 18.4 Å². The molecule has 2 aromatic rings. The van der Waals surface area contributed by atoms with Crippen molar-refractivity contribution < 1.29 is 19.4 Å². The molecule has 0 saturated carbocycles. The van der Waals surface area contributed by atoms with E-state index < -0.39 is 12.0 Å². The molecule has 2 heterocycles. The van der Waals surface area contributed by atoms with E-state index in [1.165, 1.54) is 16.2 Å². The summed E-state index contributed by atoms with van der Waals surface area (Å²) >= 11 is 1.54. The molecule has 0 aliphatic carbocycles. The molecule has 23 heavy (non-hydrogen) atoms. The molecular formula is C16H16N2O4S. The summed E-state index contributed by atoms with van der Waals surface area (Å²) < 4.78 is 5.43. The highest BCUT2D eigenvalue weighted by Crippen LogP contribution is 2.37. The molecule has 1 aliphatic heterocycles. The maximum atomic E-state index is 12.2. The minimum Gasteiger partial charge on any atom is -0.482 e. The van der Waals surface area contributed by atoms with Crippen molar-refractivity contribution in [1.29, 1.82) is 0 Å². The van der Waals surface area contributed by atoms with Gasteiger partial charge in [-0.15, -0.1) is 11.3 Å². The number of nitrogens with zero attached hydrogens (tertiary/aromatic N) is 2. The van der Waals surface area contributed by atoms with Gasteiger partial charge < -0.3 is 9.84 Å². The average molecular weight is 332 g/mol. The molecule has 7 heteroatoms. The number of carbonyl (C=O) groups excluding carboxylic acids is 1. The summed E-state index contributed by atoms with van der Waals surface area (Å²) in [6.07, 6.45) is 0.320. The molecule has 6 nitrogen and oxygen atoms in total. The number of carboxylic acids is 1. The Morgan fingerprint density at radius 2 is 2.30 bits per heavy atom. The summed E-state index contributed by atoms with van der Waals surface area (Å²) in [5.41, 5.74) is 2.12. The summed E-state index contributed by atoms with van der Waals surface area (Å²) in [5.74, 6) is -0.859. The zero-order valence-electron chi connectivity index (χ0n) is 12.8. The lowest BCUT2D eigenvalue weighted by molar-refractivity contribution is -0.140. The molecule has 1 atom stereocenters. The van der Waals surface area contributed by atoms with Crippen LogP contribution in [0.4, 0.5) is 5.69 Å². The number of ether oxygens (including phenoxy) is 1. The molecule has 0 bridgehead atoms. The van der Waals surface area contributed by atoms with Crippen LogP contribution in [0.5, 0.6) is 5.75 Å². The smallest absolute Gasteiger partial charge is 0.326 e. The van der Waals surface area contributed by atoms with Crippen LogP contribution in [-0.4, -0.2) is 34.6 Å². The molecule has 1 aliphatic rings. The van der Waals surface area contributed by atoms with Crippen LogP contribution in [0.1, 0.15) is 18.4 Å². The zero-order valence-corrected chi connectivity index (χ0v) is 13.6. The molecule has 0 spiro atoms. The number of thiazole rings is 1. The zero-order chi connectivity index (χ0) is 16.6. The van der Waals surface area contributed by atoms with E-state index in [9.17, 15) is 14.7 Å². The summed E-state index contributed by atoms with van der Waals surface area (Å²) in [7, 11) is 0. The first kappa shape index (κ1) is 15.5. The van der Waals surface area contributed by atoms with Gasteiger partial charge in [-0.1, -0.05) is 6.92 Å². The van der Waals surface area contributed by atoms with E-state index in [1.54, 1.807) is 19.1 Å². The van der Waals surface area contributed by atoms with Crippen molar-refractivity contribution in [1.82, 2.24) is 4.98 Å². The summed E-state index contributed by atoms with van der Waals surface area (Å²) in [4.78, 5) is 29.5. The van der Waals surface area contributed by atoms with Gasteiger partial charge in [-0.05, 0) is 31.5 Å². The number of anilines is 1. The lowest BCUT2D eigenvalue weighted by Gasteiger charge is -2.33. The maximum Gasteiger partial charge on any atom is 0.326 e. The van der Waals surface area contributed by atoms with Crippen molar-refractivity contribution in [3.63, 3.8) is 0 Å². The van der Waals surface area contributed by atoms with E-state index in [2.05, 4.69) is 4.98 Å². The summed E-state index contributed by atoms with van der Waals surface area (Å²) in [6.45, 7) is 3.52. The van der Waals surface area contributed by atoms with Gasteiger partial charge in [0.25, 0.3) is 5.91 Å². The van der Waals surface area contributed by atoms with Gasteiger partial charge in [0.2, 0.25) is 0 Å². The van der Waals surface area contributed by atoms with Crippen LogP contribution in [0.25, 0.3) is 11.3 Å². The van der Waals surface area contributed by atoms with Crippen molar-refractivity contribution in [2.45, 2.75) is 26.3 Å². The molecule has 1 amide bonds. The number of hydrogen-bond acceptors (Lipinski definition) is 5. The van der Waals surface area contributed by atoms with Gasteiger partial charge in [-0.25, -0.2) is 9.78 Å². The second-order valence-corrected chi connectivity index (χ2v) is 6.31. The number of hydrogen-bond donors (Lipinski definition) is 1. The Morgan fingerprint density at radius 1 is 1.52 bits per heavy atom. The van der Waals surface area contributed by atoms with E-state index in [-0.39, 0.29) is 12.5 Å². The Bertz CT molecular complexity index is 771. The number of aromatic nitrogens is 1. The van der Waals surface area contributed by atoms with Crippen molar-refractivity contribution in [3.8, 4) is 17.0 Å². The van der Waals surface area contributed by atoms with Crippen molar-refractivity contribution >= 4 is 28.9 Å². The van der Waals surface area contributed by atoms with Crippen LogP contribution in [0, 0.1) is 6.92 Å². The summed E-state index contributed by atoms with van der Waals surface area (Å²) in [6, 6.07) is 4.49. The quantitative estimate of drug-likeness (QED) is 0.931. The third-order valence-corrected chi connectivity index (χ3v) is 4.51. The third kappa shape index (κ3) is 2.79. The van der Waals surface area contributed by atoms with E-state index in [4.69, 9.17) is 4.74 Å². The lowest BCUT2D eigenvalue weighted by Crippen LogP contribution is -2.49. The molecule has 0 radical (unpaired) electrons. The number of rotatable bonds is 4. The van der Waals surface area contributed by atoms with Gasteiger partial charge in [0, 0.05) is 10.9 Å². The number of benzene rings is 1. The van der Waals surface area contributed by atoms with Crippen LogP contribution >= 0.6 is 11.3 Å². The Labute approximate surface area is 137 Å². The van der Waals surface area contributed by atoms with Gasteiger partial charge in [0.15, 0.2) is 6.61 Å². The molecule has 1 N–H and O–H groups in total. The van der Waals surface area contributed by atoms with Crippen molar-refractivity contribution in [2.75, 3.05) is 11.5 Å². The van der Waals surface area contributed by atoms with Crippen LogP contribution < -0.4 is 9.64 Å². The molecule has 0 fully saturated rings. The Hall–Kier alpha value is -2.41. The highest BCUT2D eigenvalue weighted by molar-refractivity contribution is 7.09. The highest BCUT2D eigenvalue weighted by Gasteiger charge is 2.35. The fourth-order valence-corrected chi connectivity index (χ4v) is 3.26. The van der Waals surface area contributed by atoms with Crippen LogP contribution in [0.2, 0.25) is 0 Å². The fourth-order valence-electron chi connectivity index (χ4n) is 2.64. The van der Waals surface area contributed by atoms with E-state index >= 15 is 0 Å². The largest absolute Gasteiger partial charge is 0.482 e. The molecule has 120 valence electrons. The first-order chi connectivity index (χ1) is 11.0. The number of aliphatic carboxylic acids is 1. The first-order valence-corrected chi connectivity index (χ1v) is 8.13. The van der Waals surface area contributed by atoms with Crippen LogP contribution in [0.3, 0.4) is 0 Å². The van der Waals surface area contributed by atoms with Gasteiger partial charge in [-0.2, -0.15) is 0 Å². The predicted molar refractivity (Wildman–Crippen MR) is 87.0 cm³/mol. The van der Waals surface area contributed by atoms with Crippen LogP contribution in [0.15, 0.2) is 23.6 Å². The number of carboxylic acid groups (broad SMARTS) is 1. The molecule has 1 aromatic heterocycles. The molecule has 0 saturated heterocycles. The first-order valence-electron chi connectivity index (χ1n) is 7.25. The standard InChI is InChI=1S/C16H16N2O4S/c1-3-12(16(20)21)18-13-6-10(11-8-23-9(2)17-11)4-5-14(13)22-7-15(18)19/h4-6,8,12H,3,7H2,1-2H3,(H,20,21). The maximum absolute atomic E-state index is 12.2. The highest BCUT2D eigenvalue weighted by atomic mass is 32.1. The Morgan fingerprint density at radius 3 is 2.91 bits per heavy atom. The molecule has 1 aromatic carbocycles. The second-order valence-electron chi connectivity index (χ2n) is 5.25. The minimum atomic E-state index is -1.02. The Balaban J connectivity index is 2.09. The average Bonchev–Trinajstić information content (AvgIpc) is 2.96. The van der Waals surface area contributed by atoms with Gasteiger partial charge in [0.05, 0.1) is 16.4 Å². The molecule has 3 rings (SSSR count). The SMILES string of the molecule is CCC(C(=O)O)N1C(=O)COc2ccc(-c3csc(C)n3)cc21. The number of carbonyl (C=O) groups is 2. The number of fused-ring (bicyclic) bond motifs is 1. The summed E-state index contributed by atoms with van der Waals surface area (Å²) in [5, 5.41) is 12.3. The van der Waals surface area contributed by atoms with Gasteiger partial charge in [0.1, 0.15) is 11.8 Å². The minimum absolute atomic E-state index is 0.147. The molecule has 1 unspecified atom stereocenters.